The molecule has 0 unspecified atom stereocenters. The van der Waals surface area contributed by atoms with E-state index in [-0.39, 0.29) is 5.75 Å². The standard InChI is InChI=1S/C13H15NO2S/c1-16-11-5-4-10(13(15)7-11)8-14-9-12-3-2-6-17-12/h2-7,14-15H,8-9H2,1H3. The molecule has 90 valence electrons. The molecule has 0 bridgehead atoms. The number of rotatable bonds is 5. The molecule has 0 saturated carbocycles. The molecular formula is C13H15NO2S. The fourth-order valence-electron chi connectivity index (χ4n) is 1.55. The van der Waals surface area contributed by atoms with Crippen molar-refractivity contribution in [1.29, 1.82) is 0 Å². The van der Waals surface area contributed by atoms with Gasteiger partial charge in [0.1, 0.15) is 11.5 Å². The molecule has 17 heavy (non-hydrogen) atoms. The Bertz CT molecular complexity index is 468. The van der Waals surface area contributed by atoms with Crippen molar-refractivity contribution in [2.75, 3.05) is 7.11 Å². The van der Waals surface area contributed by atoms with Gasteiger partial charge in [-0.1, -0.05) is 12.1 Å². The highest BCUT2D eigenvalue weighted by Crippen LogP contribution is 2.23. The largest absolute Gasteiger partial charge is 0.507 e. The van der Waals surface area contributed by atoms with Crippen molar-refractivity contribution < 1.29 is 9.84 Å². The molecule has 0 radical (unpaired) electrons. The van der Waals surface area contributed by atoms with Gasteiger partial charge in [-0.3, -0.25) is 0 Å². The molecule has 0 spiro atoms. The predicted octanol–water partition coefficient (Wildman–Crippen LogP) is 2.75. The number of benzene rings is 1. The zero-order chi connectivity index (χ0) is 12.1. The van der Waals surface area contributed by atoms with Gasteiger partial charge in [0.25, 0.3) is 0 Å². The molecule has 1 aromatic heterocycles. The molecule has 0 saturated heterocycles. The van der Waals surface area contributed by atoms with Crippen LogP contribution < -0.4 is 10.1 Å². The maximum atomic E-state index is 9.76. The first-order valence-electron chi connectivity index (χ1n) is 5.38. The van der Waals surface area contributed by atoms with E-state index < -0.39 is 0 Å². The molecule has 0 atom stereocenters. The molecule has 2 aromatic rings. The number of phenols is 1. The van der Waals surface area contributed by atoms with E-state index in [1.165, 1.54) is 4.88 Å². The Morgan fingerprint density at radius 1 is 1.29 bits per heavy atom. The Morgan fingerprint density at radius 3 is 2.82 bits per heavy atom. The van der Waals surface area contributed by atoms with Crippen LogP contribution in [0, 0.1) is 0 Å². The molecule has 0 aliphatic carbocycles. The van der Waals surface area contributed by atoms with E-state index in [0.29, 0.717) is 12.3 Å². The summed E-state index contributed by atoms with van der Waals surface area (Å²) in [6.45, 7) is 1.47. The maximum Gasteiger partial charge on any atom is 0.123 e. The first-order valence-corrected chi connectivity index (χ1v) is 6.26. The second kappa shape index (κ2) is 5.70. The van der Waals surface area contributed by atoms with Crippen LogP contribution in [0.4, 0.5) is 0 Å². The Hall–Kier alpha value is -1.52. The molecule has 2 rings (SSSR count). The van der Waals surface area contributed by atoms with E-state index in [9.17, 15) is 5.11 Å². The van der Waals surface area contributed by atoms with Crippen LogP contribution in [-0.4, -0.2) is 12.2 Å². The third kappa shape index (κ3) is 3.22. The Balaban J connectivity index is 1.90. The summed E-state index contributed by atoms with van der Waals surface area (Å²) in [6.07, 6.45) is 0. The summed E-state index contributed by atoms with van der Waals surface area (Å²) >= 11 is 1.72. The number of ether oxygens (including phenoxy) is 1. The van der Waals surface area contributed by atoms with E-state index in [0.717, 1.165) is 12.1 Å². The van der Waals surface area contributed by atoms with Crippen molar-refractivity contribution >= 4 is 11.3 Å². The van der Waals surface area contributed by atoms with E-state index >= 15 is 0 Å². The quantitative estimate of drug-likeness (QED) is 0.856. The van der Waals surface area contributed by atoms with Crippen LogP contribution in [0.1, 0.15) is 10.4 Å². The van der Waals surface area contributed by atoms with Crippen molar-refractivity contribution in [3.63, 3.8) is 0 Å². The van der Waals surface area contributed by atoms with Gasteiger partial charge in [-0.2, -0.15) is 0 Å². The zero-order valence-corrected chi connectivity index (χ0v) is 10.5. The second-order valence-corrected chi connectivity index (χ2v) is 4.71. The number of phenolic OH excluding ortho intramolecular Hbond substituents is 1. The van der Waals surface area contributed by atoms with Crippen molar-refractivity contribution in [1.82, 2.24) is 5.32 Å². The third-order valence-corrected chi connectivity index (χ3v) is 3.36. The minimum absolute atomic E-state index is 0.267. The molecule has 4 heteroatoms. The summed E-state index contributed by atoms with van der Waals surface area (Å²) in [7, 11) is 1.59. The van der Waals surface area contributed by atoms with Crippen molar-refractivity contribution in [2.24, 2.45) is 0 Å². The van der Waals surface area contributed by atoms with E-state index in [1.54, 1.807) is 24.5 Å². The highest BCUT2D eigenvalue weighted by atomic mass is 32.1. The first kappa shape index (κ1) is 12.0. The number of aromatic hydroxyl groups is 1. The molecular weight excluding hydrogens is 234 g/mol. The maximum absolute atomic E-state index is 9.76. The highest BCUT2D eigenvalue weighted by molar-refractivity contribution is 7.09. The number of nitrogens with one attached hydrogen (secondary N) is 1. The van der Waals surface area contributed by atoms with Gasteiger partial charge >= 0.3 is 0 Å². The second-order valence-electron chi connectivity index (χ2n) is 3.68. The van der Waals surface area contributed by atoms with Gasteiger partial charge in [-0.25, -0.2) is 0 Å². The molecule has 2 N–H and O–H groups in total. The lowest BCUT2D eigenvalue weighted by Gasteiger charge is -2.07. The zero-order valence-electron chi connectivity index (χ0n) is 9.64. The van der Waals surface area contributed by atoms with Crippen LogP contribution in [0.3, 0.4) is 0 Å². The summed E-state index contributed by atoms with van der Waals surface area (Å²) in [5, 5.41) is 15.1. The number of methoxy groups -OCH3 is 1. The fraction of sp³-hybridized carbons (Fsp3) is 0.231. The number of thiophene rings is 1. The lowest BCUT2D eigenvalue weighted by molar-refractivity contribution is 0.406. The Morgan fingerprint density at radius 2 is 2.18 bits per heavy atom. The van der Waals surface area contributed by atoms with Crippen molar-refractivity contribution in [2.45, 2.75) is 13.1 Å². The fourth-order valence-corrected chi connectivity index (χ4v) is 2.23. The van der Waals surface area contributed by atoms with Crippen LogP contribution in [0.25, 0.3) is 0 Å². The normalized spacial score (nSPS) is 10.4. The minimum atomic E-state index is 0.267. The number of hydrogen-bond acceptors (Lipinski definition) is 4. The highest BCUT2D eigenvalue weighted by Gasteiger charge is 2.02. The van der Waals surface area contributed by atoms with Crippen LogP contribution in [0.15, 0.2) is 35.7 Å². The lowest BCUT2D eigenvalue weighted by Crippen LogP contribution is -2.11. The topological polar surface area (TPSA) is 41.5 Å². The molecule has 0 aliphatic heterocycles. The predicted molar refractivity (Wildman–Crippen MR) is 69.5 cm³/mol. The summed E-state index contributed by atoms with van der Waals surface area (Å²) in [6, 6.07) is 9.47. The van der Waals surface area contributed by atoms with Crippen molar-refractivity contribution in [3.8, 4) is 11.5 Å². The third-order valence-electron chi connectivity index (χ3n) is 2.49. The van der Waals surface area contributed by atoms with Crippen LogP contribution in [0.2, 0.25) is 0 Å². The molecule has 1 aromatic carbocycles. The van der Waals surface area contributed by atoms with Gasteiger partial charge in [-0.05, 0) is 17.5 Å². The number of hydrogen-bond donors (Lipinski definition) is 2. The van der Waals surface area contributed by atoms with E-state index in [4.69, 9.17) is 4.74 Å². The first-order chi connectivity index (χ1) is 8.29. The summed E-state index contributed by atoms with van der Waals surface area (Å²) in [5.74, 6) is 0.938. The van der Waals surface area contributed by atoms with E-state index in [1.807, 2.05) is 18.2 Å². The lowest BCUT2D eigenvalue weighted by atomic mass is 10.2. The molecule has 0 aliphatic rings. The minimum Gasteiger partial charge on any atom is -0.507 e. The SMILES string of the molecule is COc1ccc(CNCc2cccs2)c(O)c1. The average Bonchev–Trinajstić information content (AvgIpc) is 2.84. The monoisotopic (exact) mass is 249 g/mol. The average molecular weight is 249 g/mol. The van der Waals surface area contributed by atoms with Gasteiger partial charge in [0, 0.05) is 29.6 Å². The van der Waals surface area contributed by atoms with Gasteiger partial charge in [0.05, 0.1) is 7.11 Å². The van der Waals surface area contributed by atoms with Crippen LogP contribution >= 0.6 is 11.3 Å². The molecule has 0 amide bonds. The summed E-state index contributed by atoms with van der Waals surface area (Å²) in [5.41, 5.74) is 0.877. The Kier molecular flexibility index (Phi) is 4.01. The van der Waals surface area contributed by atoms with Gasteiger partial charge in [0.2, 0.25) is 0 Å². The molecule has 0 fully saturated rings. The molecule has 1 heterocycles. The van der Waals surface area contributed by atoms with Crippen LogP contribution in [-0.2, 0) is 13.1 Å². The van der Waals surface area contributed by atoms with Gasteiger partial charge in [-0.15, -0.1) is 11.3 Å². The van der Waals surface area contributed by atoms with E-state index in [2.05, 4.69) is 16.8 Å². The molecule has 3 nitrogen and oxygen atoms in total. The summed E-state index contributed by atoms with van der Waals surface area (Å²) < 4.78 is 5.03. The van der Waals surface area contributed by atoms with Gasteiger partial charge in [0.15, 0.2) is 0 Å². The van der Waals surface area contributed by atoms with Crippen molar-refractivity contribution in [3.05, 3.63) is 46.2 Å². The van der Waals surface area contributed by atoms with Gasteiger partial charge < -0.3 is 15.2 Å². The smallest absolute Gasteiger partial charge is 0.123 e. The van der Waals surface area contributed by atoms with Crippen LogP contribution in [0.5, 0.6) is 11.5 Å². The Labute approximate surface area is 105 Å². The summed E-state index contributed by atoms with van der Waals surface area (Å²) in [4.78, 5) is 1.29.